The number of hydrogen-bond acceptors (Lipinski definition) is 4. The van der Waals surface area contributed by atoms with Crippen LogP contribution < -0.4 is 0 Å². The number of aromatic nitrogens is 4. The number of benzene rings is 1. The minimum absolute atomic E-state index is 0.0911. The van der Waals surface area contributed by atoms with E-state index >= 15 is 0 Å². The third-order valence-electron chi connectivity index (χ3n) is 5.36. The molecule has 8 heteroatoms. The molecule has 1 unspecified atom stereocenters. The third-order valence-corrected chi connectivity index (χ3v) is 7.17. The van der Waals surface area contributed by atoms with Crippen LogP contribution in [0.25, 0.3) is 0 Å². The fraction of sp³-hybridized carbons (Fsp3) is 0.400. The molecule has 0 aliphatic carbocycles. The number of nitrogens with zero attached hydrogens (tertiary/aromatic N) is 5. The molecule has 0 amide bonds. The van der Waals surface area contributed by atoms with Crippen LogP contribution in [-0.4, -0.2) is 45.1 Å². The molecule has 1 saturated heterocycles. The second kappa shape index (κ2) is 7.52. The van der Waals surface area contributed by atoms with E-state index < -0.39 is 10.0 Å². The van der Waals surface area contributed by atoms with Gasteiger partial charge in [0.25, 0.3) is 0 Å². The summed E-state index contributed by atoms with van der Waals surface area (Å²) in [6.45, 7) is 6.32. The lowest BCUT2D eigenvalue weighted by atomic mass is 10.1. The van der Waals surface area contributed by atoms with Crippen molar-refractivity contribution in [2.75, 3.05) is 13.1 Å². The fourth-order valence-electron chi connectivity index (χ4n) is 3.73. The van der Waals surface area contributed by atoms with Crippen LogP contribution in [0.15, 0.2) is 53.8 Å². The number of rotatable bonds is 6. The highest BCUT2D eigenvalue weighted by Gasteiger charge is 2.35. The van der Waals surface area contributed by atoms with Gasteiger partial charge in [0, 0.05) is 50.2 Å². The Morgan fingerprint density at radius 3 is 2.68 bits per heavy atom. The van der Waals surface area contributed by atoms with Gasteiger partial charge in [0.05, 0.1) is 6.20 Å². The number of hydrogen-bond donors (Lipinski definition) is 0. The SMILES string of the molecule is CCn1cc(S(=O)(=O)N2CCC(c3ncc(C)n3Cc3ccccc3)C2)cn1. The first kappa shape index (κ1) is 18.9. The molecule has 28 heavy (non-hydrogen) atoms. The van der Waals surface area contributed by atoms with Crippen molar-refractivity contribution in [2.24, 2.45) is 0 Å². The fourth-order valence-corrected chi connectivity index (χ4v) is 5.19. The van der Waals surface area contributed by atoms with Gasteiger partial charge in [-0.25, -0.2) is 13.4 Å². The molecule has 2 aromatic heterocycles. The average molecular weight is 400 g/mol. The lowest BCUT2D eigenvalue weighted by molar-refractivity contribution is 0.469. The van der Waals surface area contributed by atoms with Crippen molar-refractivity contribution in [3.63, 3.8) is 0 Å². The Kier molecular flexibility index (Phi) is 5.07. The zero-order chi connectivity index (χ0) is 19.7. The standard InChI is InChI=1S/C20H25N5O2S/c1-3-23-15-19(12-22-23)28(26,27)24-10-9-18(14-24)20-21-11-16(2)25(20)13-17-7-5-4-6-8-17/h4-8,11-12,15,18H,3,9-10,13-14H2,1-2H3. The molecule has 3 heterocycles. The van der Waals surface area contributed by atoms with Crippen molar-refractivity contribution in [3.05, 3.63) is 66.0 Å². The van der Waals surface area contributed by atoms with Gasteiger partial charge in [-0.15, -0.1) is 0 Å². The largest absolute Gasteiger partial charge is 0.328 e. The van der Waals surface area contributed by atoms with Gasteiger partial charge in [0.1, 0.15) is 10.7 Å². The van der Waals surface area contributed by atoms with E-state index in [0.29, 0.717) is 19.6 Å². The molecule has 1 aliphatic rings. The minimum Gasteiger partial charge on any atom is -0.328 e. The van der Waals surface area contributed by atoms with Crippen molar-refractivity contribution in [1.82, 2.24) is 23.6 Å². The molecular weight excluding hydrogens is 374 g/mol. The van der Waals surface area contributed by atoms with Crippen LogP contribution >= 0.6 is 0 Å². The van der Waals surface area contributed by atoms with E-state index in [1.165, 1.54) is 11.8 Å². The maximum absolute atomic E-state index is 13.0. The van der Waals surface area contributed by atoms with E-state index in [2.05, 4.69) is 26.8 Å². The predicted molar refractivity (Wildman–Crippen MR) is 107 cm³/mol. The molecule has 0 saturated carbocycles. The third kappa shape index (κ3) is 3.49. The van der Waals surface area contributed by atoms with Crippen LogP contribution in [0.4, 0.5) is 0 Å². The summed E-state index contributed by atoms with van der Waals surface area (Å²) in [4.78, 5) is 4.89. The molecule has 148 valence electrons. The predicted octanol–water partition coefficient (Wildman–Crippen LogP) is 2.63. The van der Waals surface area contributed by atoms with E-state index in [1.54, 1.807) is 15.2 Å². The highest BCUT2D eigenvalue weighted by Crippen LogP contribution is 2.31. The first-order chi connectivity index (χ1) is 13.5. The summed E-state index contributed by atoms with van der Waals surface area (Å²) in [5.74, 6) is 1.05. The smallest absolute Gasteiger partial charge is 0.246 e. The Hall–Kier alpha value is -2.45. The molecule has 1 aliphatic heterocycles. The van der Waals surface area contributed by atoms with Gasteiger partial charge in [-0.05, 0) is 25.8 Å². The number of aryl methyl sites for hydroxylation is 2. The average Bonchev–Trinajstić information content (AvgIpc) is 3.43. The molecule has 0 radical (unpaired) electrons. The van der Waals surface area contributed by atoms with E-state index in [1.807, 2.05) is 38.2 Å². The zero-order valence-corrected chi connectivity index (χ0v) is 17.0. The summed E-state index contributed by atoms with van der Waals surface area (Å²) in [6, 6.07) is 10.3. The summed E-state index contributed by atoms with van der Waals surface area (Å²) in [5, 5.41) is 4.11. The highest BCUT2D eigenvalue weighted by molar-refractivity contribution is 7.89. The summed E-state index contributed by atoms with van der Waals surface area (Å²) < 4.78 is 31.3. The van der Waals surface area contributed by atoms with Crippen molar-refractivity contribution in [2.45, 2.75) is 44.2 Å². The Bertz CT molecular complexity index is 1060. The molecule has 3 aromatic rings. The van der Waals surface area contributed by atoms with Crippen molar-refractivity contribution in [1.29, 1.82) is 0 Å². The van der Waals surface area contributed by atoms with Gasteiger partial charge < -0.3 is 4.57 Å². The maximum atomic E-state index is 13.0. The van der Waals surface area contributed by atoms with Crippen LogP contribution in [0.1, 0.15) is 36.3 Å². The van der Waals surface area contributed by atoms with Gasteiger partial charge in [0.15, 0.2) is 0 Å². The van der Waals surface area contributed by atoms with Gasteiger partial charge >= 0.3 is 0 Å². The molecule has 0 bridgehead atoms. The van der Waals surface area contributed by atoms with Crippen molar-refractivity contribution < 1.29 is 8.42 Å². The lowest BCUT2D eigenvalue weighted by Crippen LogP contribution is -2.28. The Balaban J connectivity index is 1.55. The van der Waals surface area contributed by atoms with Crippen LogP contribution in [0.3, 0.4) is 0 Å². The van der Waals surface area contributed by atoms with Crippen molar-refractivity contribution >= 4 is 10.0 Å². The zero-order valence-electron chi connectivity index (χ0n) is 16.2. The monoisotopic (exact) mass is 399 g/mol. The van der Waals surface area contributed by atoms with Crippen LogP contribution in [0.5, 0.6) is 0 Å². The lowest BCUT2D eigenvalue weighted by Gasteiger charge is -2.17. The normalized spacial score (nSPS) is 18.0. The quantitative estimate of drug-likeness (QED) is 0.639. The number of imidazole rings is 1. The van der Waals surface area contributed by atoms with Gasteiger partial charge in [-0.3, -0.25) is 4.68 Å². The van der Waals surface area contributed by atoms with Gasteiger partial charge in [0.2, 0.25) is 10.0 Å². The summed E-state index contributed by atoms with van der Waals surface area (Å²) in [7, 11) is -3.52. The van der Waals surface area contributed by atoms with Gasteiger partial charge in [-0.2, -0.15) is 9.40 Å². The van der Waals surface area contributed by atoms with E-state index in [9.17, 15) is 8.42 Å². The van der Waals surface area contributed by atoms with Gasteiger partial charge in [-0.1, -0.05) is 30.3 Å². The second-order valence-electron chi connectivity index (χ2n) is 7.21. The second-order valence-corrected chi connectivity index (χ2v) is 9.15. The van der Waals surface area contributed by atoms with Crippen LogP contribution in [0.2, 0.25) is 0 Å². The molecule has 1 atom stereocenters. The maximum Gasteiger partial charge on any atom is 0.246 e. The summed E-state index contributed by atoms with van der Waals surface area (Å²) in [5.41, 5.74) is 2.30. The molecule has 4 rings (SSSR count). The summed E-state index contributed by atoms with van der Waals surface area (Å²) in [6.07, 6.45) is 5.68. The molecule has 0 N–H and O–H groups in total. The van der Waals surface area contributed by atoms with Crippen LogP contribution in [-0.2, 0) is 23.1 Å². The summed E-state index contributed by atoms with van der Waals surface area (Å²) >= 11 is 0. The Morgan fingerprint density at radius 1 is 1.18 bits per heavy atom. The Morgan fingerprint density at radius 2 is 1.96 bits per heavy atom. The van der Waals surface area contributed by atoms with E-state index in [-0.39, 0.29) is 10.8 Å². The number of sulfonamides is 1. The first-order valence-corrected chi connectivity index (χ1v) is 11.0. The first-order valence-electron chi connectivity index (χ1n) is 9.57. The molecule has 1 fully saturated rings. The molecule has 7 nitrogen and oxygen atoms in total. The van der Waals surface area contributed by atoms with E-state index in [4.69, 9.17) is 0 Å². The molecule has 1 aromatic carbocycles. The van der Waals surface area contributed by atoms with Crippen LogP contribution in [0, 0.1) is 6.92 Å². The topological polar surface area (TPSA) is 73.0 Å². The minimum atomic E-state index is -3.52. The Labute approximate surface area is 165 Å². The molecule has 0 spiro atoms. The van der Waals surface area contributed by atoms with E-state index in [0.717, 1.165) is 24.5 Å². The molecular formula is C20H25N5O2S. The highest BCUT2D eigenvalue weighted by atomic mass is 32.2. The van der Waals surface area contributed by atoms with Crippen molar-refractivity contribution in [3.8, 4) is 0 Å².